The topological polar surface area (TPSA) is 24.7 Å². The second kappa shape index (κ2) is 4.04. The van der Waals surface area contributed by atoms with Crippen LogP contribution in [-0.4, -0.2) is 24.8 Å². The van der Waals surface area contributed by atoms with E-state index in [0.29, 0.717) is 0 Å². The van der Waals surface area contributed by atoms with Gasteiger partial charge in [-0.25, -0.2) is 4.99 Å². The molecular formula is C7H9F3N2. The molecule has 0 unspecified atom stereocenters. The molecule has 0 spiro atoms. The minimum absolute atomic E-state index is 0.188. The highest BCUT2D eigenvalue weighted by Gasteiger charge is 2.35. The SMILES string of the molecule is C=CC(C)=NC(=NC)C(F)(F)F. The zero-order chi connectivity index (χ0) is 9.78. The lowest BCUT2D eigenvalue weighted by atomic mass is 10.4. The van der Waals surface area contributed by atoms with Crippen LogP contribution in [0.25, 0.3) is 0 Å². The summed E-state index contributed by atoms with van der Waals surface area (Å²) in [6, 6.07) is 0. The highest BCUT2D eigenvalue weighted by atomic mass is 19.4. The molecule has 0 fully saturated rings. The van der Waals surface area contributed by atoms with Gasteiger partial charge in [-0.3, -0.25) is 4.99 Å². The van der Waals surface area contributed by atoms with Crippen molar-refractivity contribution in [2.75, 3.05) is 7.05 Å². The number of nitrogens with zero attached hydrogens (tertiary/aromatic N) is 2. The zero-order valence-corrected chi connectivity index (χ0v) is 6.81. The van der Waals surface area contributed by atoms with Crippen LogP contribution in [0.4, 0.5) is 13.2 Å². The van der Waals surface area contributed by atoms with Crippen molar-refractivity contribution in [1.82, 2.24) is 0 Å². The fourth-order valence-electron chi connectivity index (χ4n) is 0.453. The van der Waals surface area contributed by atoms with Crippen LogP contribution in [0.5, 0.6) is 0 Å². The van der Waals surface area contributed by atoms with Crippen LogP contribution in [0.3, 0.4) is 0 Å². The molecule has 0 bridgehead atoms. The van der Waals surface area contributed by atoms with Gasteiger partial charge in [0.05, 0.1) is 0 Å². The predicted molar refractivity (Wildman–Crippen MR) is 42.7 cm³/mol. The molecule has 0 radical (unpaired) electrons. The molecule has 0 saturated carbocycles. The van der Waals surface area contributed by atoms with Gasteiger partial charge >= 0.3 is 6.18 Å². The molecule has 0 aromatic heterocycles. The number of rotatable bonds is 1. The predicted octanol–water partition coefficient (Wildman–Crippen LogP) is 2.22. The summed E-state index contributed by atoms with van der Waals surface area (Å²) in [4.78, 5) is 6.21. The molecule has 5 heteroatoms. The summed E-state index contributed by atoms with van der Waals surface area (Å²) in [6.45, 7) is 4.70. The van der Waals surface area contributed by atoms with Gasteiger partial charge in [0.2, 0.25) is 5.84 Å². The van der Waals surface area contributed by atoms with Crippen molar-refractivity contribution in [1.29, 1.82) is 0 Å². The van der Waals surface area contributed by atoms with Crippen LogP contribution < -0.4 is 0 Å². The summed E-state index contributed by atoms with van der Waals surface area (Å²) in [7, 11) is 1.04. The van der Waals surface area contributed by atoms with Crippen molar-refractivity contribution >= 4 is 11.5 Å². The van der Waals surface area contributed by atoms with Crippen LogP contribution in [-0.2, 0) is 0 Å². The third kappa shape index (κ3) is 3.32. The number of hydrogen-bond donors (Lipinski definition) is 0. The van der Waals surface area contributed by atoms with Gasteiger partial charge in [0, 0.05) is 12.8 Å². The largest absolute Gasteiger partial charge is 0.451 e. The Hall–Kier alpha value is -1.13. The minimum Gasteiger partial charge on any atom is -0.266 e. The van der Waals surface area contributed by atoms with E-state index in [2.05, 4.69) is 16.6 Å². The summed E-state index contributed by atoms with van der Waals surface area (Å²) < 4.78 is 35.8. The van der Waals surface area contributed by atoms with E-state index >= 15 is 0 Å². The number of aliphatic imine (C=N–C) groups is 2. The Kier molecular flexibility index (Phi) is 3.66. The van der Waals surface area contributed by atoms with E-state index in [-0.39, 0.29) is 5.71 Å². The Bertz CT molecular complexity index is 225. The van der Waals surface area contributed by atoms with Gasteiger partial charge < -0.3 is 0 Å². The molecule has 0 N–H and O–H groups in total. The smallest absolute Gasteiger partial charge is 0.266 e. The first-order valence-electron chi connectivity index (χ1n) is 3.13. The summed E-state index contributed by atoms with van der Waals surface area (Å²) in [5.74, 6) is -1.14. The van der Waals surface area contributed by atoms with Crippen LogP contribution in [0.15, 0.2) is 22.6 Å². The molecule has 0 aromatic rings. The van der Waals surface area contributed by atoms with Crippen LogP contribution >= 0.6 is 0 Å². The van der Waals surface area contributed by atoms with Gasteiger partial charge in [-0.2, -0.15) is 13.2 Å². The second-order valence-electron chi connectivity index (χ2n) is 2.00. The van der Waals surface area contributed by atoms with E-state index in [0.717, 1.165) is 7.05 Å². The number of hydrogen-bond acceptors (Lipinski definition) is 1. The molecule has 0 aliphatic heterocycles. The standard InChI is InChI=1S/C7H9F3N2/c1-4-5(2)12-6(11-3)7(8,9)10/h4H,1H2,2-3H3. The molecule has 0 atom stereocenters. The second-order valence-corrected chi connectivity index (χ2v) is 2.00. The Morgan fingerprint density at radius 1 is 1.42 bits per heavy atom. The highest BCUT2D eigenvalue weighted by molar-refractivity contribution is 6.04. The summed E-state index contributed by atoms with van der Waals surface area (Å²) in [5.41, 5.74) is 0.188. The Labute approximate surface area is 68.5 Å². The van der Waals surface area contributed by atoms with Gasteiger partial charge in [-0.1, -0.05) is 6.58 Å². The van der Waals surface area contributed by atoms with Crippen molar-refractivity contribution in [3.05, 3.63) is 12.7 Å². The van der Waals surface area contributed by atoms with Crippen LogP contribution in [0, 0.1) is 0 Å². The van der Waals surface area contributed by atoms with Crippen molar-refractivity contribution in [3.63, 3.8) is 0 Å². The molecule has 2 nitrogen and oxygen atoms in total. The third-order valence-corrected chi connectivity index (χ3v) is 1.04. The van der Waals surface area contributed by atoms with E-state index < -0.39 is 12.0 Å². The van der Waals surface area contributed by atoms with Crippen molar-refractivity contribution in [2.45, 2.75) is 13.1 Å². The maximum Gasteiger partial charge on any atom is 0.451 e. The summed E-state index contributed by atoms with van der Waals surface area (Å²) in [6.07, 6.45) is -3.25. The summed E-state index contributed by atoms with van der Waals surface area (Å²) in [5, 5.41) is 0. The van der Waals surface area contributed by atoms with Gasteiger partial charge in [-0.15, -0.1) is 0 Å². The lowest BCUT2D eigenvalue weighted by Crippen LogP contribution is -2.21. The van der Waals surface area contributed by atoms with Crippen molar-refractivity contribution in [2.24, 2.45) is 9.98 Å². The first-order chi connectivity index (χ1) is 5.41. The van der Waals surface area contributed by atoms with Crippen LogP contribution in [0.2, 0.25) is 0 Å². The van der Waals surface area contributed by atoms with E-state index in [1.165, 1.54) is 13.0 Å². The molecule has 12 heavy (non-hydrogen) atoms. The number of alkyl halides is 3. The number of amidine groups is 1. The molecule has 0 aliphatic carbocycles. The Morgan fingerprint density at radius 2 is 1.92 bits per heavy atom. The third-order valence-electron chi connectivity index (χ3n) is 1.04. The monoisotopic (exact) mass is 178 g/mol. The van der Waals surface area contributed by atoms with Crippen LogP contribution in [0.1, 0.15) is 6.92 Å². The fraction of sp³-hybridized carbons (Fsp3) is 0.429. The first kappa shape index (κ1) is 10.9. The van der Waals surface area contributed by atoms with Crippen molar-refractivity contribution in [3.8, 4) is 0 Å². The zero-order valence-electron chi connectivity index (χ0n) is 6.81. The molecule has 0 saturated heterocycles. The highest BCUT2D eigenvalue weighted by Crippen LogP contribution is 2.17. The normalized spacial score (nSPS) is 14.8. The molecule has 0 rings (SSSR count). The lowest BCUT2D eigenvalue weighted by molar-refractivity contribution is -0.0597. The maximum atomic E-state index is 11.9. The average Bonchev–Trinajstić information content (AvgIpc) is 1.97. The Balaban J connectivity index is 4.74. The number of allylic oxidation sites excluding steroid dienone is 1. The maximum absolute atomic E-state index is 11.9. The van der Waals surface area contributed by atoms with E-state index in [4.69, 9.17) is 0 Å². The van der Waals surface area contributed by atoms with Gasteiger partial charge in [0.25, 0.3) is 0 Å². The van der Waals surface area contributed by atoms with Gasteiger partial charge in [-0.05, 0) is 13.0 Å². The lowest BCUT2D eigenvalue weighted by Gasteiger charge is -2.04. The molecule has 0 aromatic carbocycles. The number of halogens is 3. The Morgan fingerprint density at radius 3 is 2.17 bits per heavy atom. The molecule has 68 valence electrons. The summed E-state index contributed by atoms with van der Waals surface area (Å²) >= 11 is 0. The molecular weight excluding hydrogens is 169 g/mol. The van der Waals surface area contributed by atoms with Crippen molar-refractivity contribution < 1.29 is 13.2 Å². The van der Waals surface area contributed by atoms with E-state index in [1.807, 2.05) is 0 Å². The molecule has 0 aliphatic rings. The van der Waals surface area contributed by atoms with Gasteiger partial charge in [0.1, 0.15) is 0 Å². The molecule has 0 amide bonds. The first-order valence-corrected chi connectivity index (χ1v) is 3.13. The fourth-order valence-corrected chi connectivity index (χ4v) is 0.453. The molecule has 0 heterocycles. The van der Waals surface area contributed by atoms with Gasteiger partial charge in [0.15, 0.2) is 0 Å². The minimum atomic E-state index is -4.49. The van der Waals surface area contributed by atoms with E-state index in [1.54, 1.807) is 0 Å². The van der Waals surface area contributed by atoms with E-state index in [9.17, 15) is 13.2 Å². The average molecular weight is 178 g/mol. The quantitative estimate of drug-likeness (QED) is 0.434.